The van der Waals surface area contributed by atoms with E-state index in [1.807, 2.05) is 36.4 Å². The normalized spacial score (nSPS) is 10.5. The lowest BCUT2D eigenvalue weighted by atomic mass is 10.1. The van der Waals surface area contributed by atoms with E-state index in [0.717, 1.165) is 22.2 Å². The molecule has 8 nitrogen and oxygen atoms in total. The summed E-state index contributed by atoms with van der Waals surface area (Å²) in [5.41, 5.74) is 3.99. The van der Waals surface area contributed by atoms with Gasteiger partial charge in [-0.2, -0.15) is 5.10 Å². The van der Waals surface area contributed by atoms with Crippen LogP contribution in [0.25, 0.3) is 22.4 Å². The van der Waals surface area contributed by atoms with Gasteiger partial charge in [-0.3, -0.25) is 10.1 Å². The van der Waals surface area contributed by atoms with Crippen LogP contribution in [0.1, 0.15) is 17.0 Å². The molecule has 0 radical (unpaired) electrons. The minimum absolute atomic E-state index is 0.483. The standard InChI is InChI=1S/C23H16N8/c1-2-10-24-19(3-1)15-27-23-26-12-9-21(30-23)22-25-11-8-18(29-22)6-4-16-5-7-20-17(13-16)14-28-31-20/h1-3,5,7-14H,15H2,(H,28,31)(H,26,27,30). The van der Waals surface area contributed by atoms with Gasteiger partial charge in [0, 0.05) is 29.5 Å². The summed E-state index contributed by atoms with van der Waals surface area (Å²) >= 11 is 0. The second-order valence-electron chi connectivity index (χ2n) is 6.63. The maximum Gasteiger partial charge on any atom is 0.223 e. The zero-order valence-electron chi connectivity index (χ0n) is 16.3. The van der Waals surface area contributed by atoms with Crippen LogP contribution in [0, 0.1) is 11.8 Å². The molecule has 8 heteroatoms. The molecular formula is C23H16N8. The van der Waals surface area contributed by atoms with Gasteiger partial charge in [0.25, 0.3) is 0 Å². The van der Waals surface area contributed by atoms with E-state index < -0.39 is 0 Å². The van der Waals surface area contributed by atoms with Crippen molar-refractivity contribution >= 4 is 16.9 Å². The third-order valence-electron chi connectivity index (χ3n) is 4.47. The highest BCUT2D eigenvalue weighted by Gasteiger charge is 2.06. The van der Waals surface area contributed by atoms with Crippen LogP contribution in [0.4, 0.5) is 5.95 Å². The average Bonchev–Trinajstić information content (AvgIpc) is 3.30. The van der Waals surface area contributed by atoms with Gasteiger partial charge < -0.3 is 5.32 Å². The molecule has 0 aliphatic heterocycles. The Morgan fingerprint density at radius 3 is 2.77 bits per heavy atom. The largest absolute Gasteiger partial charge is 0.349 e. The van der Waals surface area contributed by atoms with Crippen LogP contribution >= 0.6 is 0 Å². The van der Waals surface area contributed by atoms with Crippen LogP contribution in [0.15, 0.2) is 73.3 Å². The quantitative estimate of drug-likeness (QED) is 0.443. The van der Waals surface area contributed by atoms with Gasteiger partial charge in [-0.15, -0.1) is 0 Å². The average molecular weight is 404 g/mol. The maximum absolute atomic E-state index is 4.54. The summed E-state index contributed by atoms with van der Waals surface area (Å²) < 4.78 is 0. The summed E-state index contributed by atoms with van der Waals surface area (Å²) in [6.07, 6.45) is 6.87. The maximum atomic E-state index is 4.54. The number of aromatic nitrogens is 7. The first kappa shape index (κ1) is 18.4. The van der Waals surface area contributed by atoms with E-state index in [9.17, 15) is 0 Å². The van der Waals surface area contributed by atoms with Crippen LogP contribution in [-0.4, -0.2) is 35.1 Å². The topological polar surface area (TPSA) is 105 Å². The van der Waals surface area contributed by atoms with Gasteiger partial charge in [0.15, 0.2) is 5.82 Å². The number of aromatic amines is 1. The first-order valence-electron chi connectivity index (χ1n) is 9.59. The molecule has 0 bridgehead atoms. The Morgan fingerprint density at radius 2 is 1.84 bits per heavy atom. The van der Waals surface area contributed by atoms with E-state index >= 15 is 0 Å². The number of nitrogens with zero attached hydrogens (tertiary/aromatic N) is 6. The zero-order chi connectivity index (χ0) is 20.9. The number of H-pyrrole nitrogens is 1. The molecule has 4 aromatic heterocycles. The first-order chi connectivity index (χ1) is 15.3. The molecule has 148 valence electrons. The van der Waals surface area contributed by atoms with E-state index in [-0.39, 0.29) is 0 Å². The van der Waals surface area contributed by atoms with E-state index in [2.05, 4.69) is 52.3 Å². The molecule has 0 fully saturated rings. The van der Waals surface area contributed by atoms with Crippen molar-refractivity contribution in [1.29, 1.82) is 0 Å². The van der Waals surface area contributed by atoms with Crippen molar-refractivity contribution in [3.8, 4) is 23.4 Å². The minimum atomic E-state index is 0.483. The Kier molecular flexibility index (Phi) is 4.98. The van der Waals surface area contributed by atoms with Gasteiger partial charge in [0.05, 0.1) is 24.0 Å². The molecule has 31 heavy (non-hydrogen) atoms. The van der Waals surface area contributed by atoms with Gasteiger partial charge in [0.2, 0.25) is 5.95 Å². The summed E-state index contributed by atoms with van der Waals surface area (Å²) in [6.45, 7) is 0.525. The SMILES string of the molecule is C(#Cc1ccnc(-c2ccnc(NCc3ccccn3)n2)n1)c1ccc2[nH]ncc2c1. The van der Waals surface area contributed by atoms with Gasteiger partial charge >= 0.3 is 0 Å². The first-order valence-corrected chi connectivity index (χ1v) is 9.59. The number of hydrogen-bond acceptors (Lipinski definition) is 7. The molecule has 5 aromatic rings. The lowest BCUT2D eigenvalue weighted by molar-refractivity contribution is 0.997. The van der Waals surface area contributed by atoms with Crippen LogP contribution in [-0.2, 0) is 6.54 Å². The number of nitrogens with one attached hydrogen (secondary N) is 2. The molecule has 2 N–H and O–H groups in total. The van der Waals surface area contributed by atoms with Gasteiger partial charge in [-0.1, -0.05) is 12.0 Å². The highest BCUT2D eigenvalue weighted by molar-refractivity contribution is 5.79. The smallest absolute Gasteiger partial charge is 0.223 e. The lowest BCUT2D eigenvalue weighted by Crippen LogP contribution is -2.05. The summed E-state index contributed by atoms with van der Waals surface area (Å²) in [5, 5.41) is 11.1. The molecule has 5 rings (SSSR count). The van der Waals surface area contributed by atoms with E-state index in [1.54, 1.807) is 36.9 Å². The van der Waals surface area contributed by atoms with Crippen molar-refractivity contribution in [2.75, 3.05) is 5.32 Å². The molecule has 0 aliphatic rings. The van der Waals surface area contributed by atoms with Crippen molar-refractivity contribution in [2.24, 2.45) is 0 Å². The number of anilines is 1. The van der Waals surface area contributed by atoms with Crippen LogP contribution in [0.2, 0.25) is 0 Å². The highest BCUT2D eigenvalue weighted by atomic mass is 15.1. The number of pyridine rings is 1. The number of fused-ring (bicyclic) bond motifs is 1. The lowest BCUT2D eigenvalue weighted by Gasteiger charge is -2.05. The molecule has 4 heterocycles. The van der Waals surface area contributed by atoms with Crippen molar-refractivity contribution in [1.82, 2.24) is 35.1 Å². The predicted molar refractivity (Wildman–Crippen MR) is 117 cm³/mol. The minimum Gasteiger partial charge on any atom is -0.349 e. The van der Waals surface area contributed by atoms with E-state index in [4.69, 9.17) is 0 Å². The predicted octanol–water partition coefficient (Wildman–Crippen LogP) is 3.22. The molecule has 0 unspecified atom stereocenters. The second kappa shape index (κ2) is 8.39. The fourth-order valence-electron chi connectivity index (χ4n) is 2.95. The highest BCUT2D eigenvalue weighted by Crippen LogP contribution is 2.14. The molecule has 0 aliphatic carbocycles. The summed E-state index contributed by atoms with van der Waals surface area (Å²) in [5.74, 6) is 7.20. The molecule has 0 spiro atoms. The zero-order valence-corrected chi connectivity index (χ0v) is 16.3. The summed E-state index contributed by atoms with van der Waals surface area (Å²) in [6, 6.07) is 15.2. The van der Waals surface area contributed by atoms with Gasteiger partial charge in [-0.25, -0.2) is 19.9 Å². The third kappa shape index (κ3) is 4.36. The van der Waals surface area contributed by atoms with Crippen molar-refractivity contribution in [3.63, 3.8) is 0 Å². The second-order valence-corrected chi connectivity index (χ2v) is 6.63. The molecule has 0 saturated carbocycles. The molecule has 0 saturated heterocycles. The Bertz CT molecular complexity index is 1400. The summed E-state index contributed by atoms with van der Waals surface area (Å²) in [7, 11) is 0. The monoisotopic (exact) mass is 404 g/mol. The number of hydrogen-bond donors (Lipinski definition) is 2. The molecule has 0 atom stereocenters. The third-order valence-corrected chi connectivity index (χ3v) is 4.47. The van der Waals surface area contributed by atoms with Crippen LogP contribution in [0.3, 0.4) is 0 Å². The van der Waals surface area contributed by atoms with Crippen molar-refractivity contribution < 1.29 is 0 Å². The molecule has 1 aromatic carbocycles. The summed E-state index contributed by atoms with van der Waals surface area (Å²) in [4.78, 5) is 21.9. The van der Waals surface area contributed by atoms with Gasteiger partial charge in [0.1, 0.15) is 11.4 Å². The van der Waals surface area contributed by atoms with E-state index in [0.29, 0.717) is 29.7 Å². The molecular weight excluding hydrogens is 388 g/mol. The Labute approximate surface area is 177 Å². The Morgan fingerprint density at radius 1 is 0.871 bits per heavy atom. The van der Waals surface area contributed by atoms with Crippen LogP contribution in [0.5, 0.6) is 0 Å². The Balaban J connectivity index is 1.35. The van der Waals surface area contributed by atoms with Crippen molar-refractivity contribution in [2.45, 2.75) is 6.54 Å². The van der Waals surface area contributed by atoms with Gasteiger partial charge in [-0.05, 0) is 48.4 Å². The molecule has 0 amide bonds. The van der Waals surface area contributed by atoms with E-state index in [1.165, 1.54) is 0 Å². The van der Waals surface area contributed by atoms with Crippen molar-refractivity contribution in [3.05, 3.63) is 90.3 Å². The fourth-order valence-corrected chi connectivity index (χ4v) is 2.95. The van der Waals surface area contributed by atoms with Crippen LogP contribution < -0.4 is 5.32 Å². The number of rotatable bonds is 4. The fraction of sp³-hybridized carbons (Fsp3) is 0.0435. The number of benzene rings is 1. The Hall–Kier alpha value is -4.64.